The Labute approximate surface area is 111 Å². The lowest BCUT2D eigenvalue weighted by atomic mass is 10.1. The van der Waals surface area contributed by atoms with Crippen molar-refractivity contribution in [3.05, 3.63) is 40.8 Å². The highest BCUT2D eigenvalue weighted by Crippen LogP contribution is 2.12. The van der Waals surface area contributed by atoms with E-state index in [0.717, 1.165) is 22.6 Å². The zero-order valence-electron chi connectivity index (χ0n) is 11.2. The Morgan fingerprint density at radius 2 is 2.11 bits per heavy atom. The topological polar surface area (TPSA) is 80.9 Å². The average Bonchev–Trinajstić information content (AvgIpc) is 2.68. The third-order valence-corrected chi connectivity index (χ3v) is 2.85. The molecule has 0 aliphatic carbocycles. The molecule has 19 heavy (non-hydrogen) atoms. The van der Waals surface area contributed by atoms with Crippen molar-refractivity contribution >= 4 is 5.91 Å². The summed E-state index contributed by atoms with van der Waals surface area (Å²) in [6.45, 7) is 5.91. The predicted octanol–water partition coefficient (Wildman–Crippen LogP) is 1.25. The summed E-state index contributed by atoms with van der Waals surface area (Å²) >= 11 is 0. The second kappa shape index (κ2) is 5.60. The monoisotopic (exact) mass is 260 g/mol. The van der Waals surface area contributed by atoms with Crippen molar-refractivity contribution in [1.29, 1.82) is 0 Å². The van der Waals surface area contributed by atoms with Gasteiger partial charge < -0.3 is 9.84 Å². The Morgan fingerprint density at radius 3 is 2.74 bits per heavy atom. The number of aromatic nitrogens is 3. The van der Waals surface area contributed by atoms with E-state index in [4.69, 9.17) is 4.52 Å². The molecule has 2 aromatic heterocycles. The number of hydrogen-bond acceptors (Lipinski definition) is 5. The third kappa shape index (κ3) is 3.37. The molecule has 6 heteroatoms. The first kappa shape index (κ1) is 13.2. The lowest BCUT2D eigenvalue weighted by molar-refractivity contribution is -0.120. The minimum absolute atomic E-state index is 0.0781. The number of hydrogen-bond donors (Lipinski definition) is 1. The summed E-state index contributed by atoms with van der Waals surface area (Å²) in [6.07, 6.45) is 1.76. The summed E-state index contributed by atoms with van der Waals surface area (Å²) in [7, 11) is 0. The summed E-state index contributed by atoms with van der Waals surface area (Å²) in [6, 6.07) is 1.84. The van der Waals surface area contributed by atoms with Crippen molar-refractivity contribution in [1.82, 2.24) is 20.4 Å². The lowest BCUT2D eigenvalue weighted by Gasteiger charge is -2.05. The third-order valence-electron chi connectivity index (χ3n) is 2.85. The summed E-state index contributed by atoms with van der Waals surface area (Å²) in [5.74, 6) is 0.608. The van der Waals surface area contributed by atoms with Crippen LogP contribution in [0.1, 0.15) is 28.4 Å². The Bertz CT molecular complexity index is 573. The maximum absolute atomic E-state index is 11.8. The molecule has 0 spiro atoms. The largest absolute Gasteiger partial charge is 0.361 e. The molecule has 0 aliphatic heterocycles. The van der Waals surface area contributed by atoms with Crippen LogP contribution in [0.5, 0.6) is 0 Å². The molecule has 100 valence electrons. The highest BCUT2D eigenvalue weighted by molar-refractivity contribution is 5.78. The molecule has 0 atom stereocenters. The molecule has 2 heterocycles. The van der Waals surface area contributed by atoms with Gasteiger partial charge in [0.1, 0.15) is 12.1 Å². The van der Waals surface area contributed by atoms with E-state index in [1.54, 1.807) is 6.92 Å². The highest BCUT2D eigenvalue weighted by atomic mass is 16.5. The molecule has 0 saturated carbocycles. The Balaban J connectivity index is 1.92. The van der Waals surface area contributed by atoms with Crippen molar-refractivity contribution in [2.45, 2.75) is 33.7 Å². The van der Waals surface area contributed by atoms with E-state index >= 15 is 0 Å². The number of nitrogens with one attached hydrogen (secondary N) is 1. The van der Waals surface area contributed by atoms with Gasteiger partial charge in [-0.05, 0) is 26.8 Å². The van der Waals surface area contributed by atoms with Gasteiger partial charge in [-0.15, -0.1) is 0 Å². The fourth-order valence-corrected chi connectivity index (χ4v) is 1.77. The standard InChI is InChI=1S/C13H16N4O2/c1-8-4-11(16-7-15-8)6-14-13(18)5-12-9(2)17-19-10(12)3/h4,7H,5-6H2,1-3H3,(H,14,18). The van der Waals surface area contributed by atoms with Gasteiger partial charge in [-0.25, -0.2) is 9.97 Å². The van der Waals surface area contributed by atoms with Gasteiger partial charge in [0.05, 0.1) is 24.4 Å². The number of aryl methyl sites for hydroxylation is 3. The summed E-state index contributed by atoms with van der Waals surface area (Å²) in [4.78, 5) is 19.9. The second-order valence-electron chi connectivity index (χ2n) is 4.41. The second-order valence-corrected chi connectivity index (χ2v) is 4.41. The Hall–Kier alpha value is -2.24. The minimum Gasteiger partial charge on any atom is -0.361 e. The molecule has 0 bridgehead atoms. The maximum Gasteiger partial charge on any atom is 0.224 e. The van der Waals surface area contributed by atoms with Crippen LogP contribution in [0.4, 0.5) is 0 Å². The van der Waals surface area contributed by atoms with E-state index in [1.807, 2.05) is 19.9 Å². The molecule has 1 N–H and O–H groups in total. The molecule has 6 nitrogen and oxygen atoms in total. The maximum atomic E-state index is 11.8. The van der Waals surface area contributed by atoms with Gasteiger partial charge in [-0.1, -0.05) is 5.16 Å². The number of nitrogens with zero attached hydrogens (tertiary/aromatic N) is 3. The smallest absolute Gasteiger partial charge is 0.224 e. The first-order valence-corrected chi connectivity index (χ1v) is 6.02. The average molecular weight is 260 g/mol. The summed E-state index contributed by atoms with van der Waals surface area (Å²) in [5, 5.41) is 6.64. The zero-order chi connectivity index (χ0) is 13.8. The molecule has 0 aromatic carbocycles. The minimum atomic E-state index is -0.0781. The molecule has 0 radical (unpaired) electrons. The van der Waals surface area contributed by atoms with E-state index in [-0.39, 0.29) is 12.3 Å². The van der Waals surface area contributed by atoms with Gasteiger partial charge >= 0.3 is 0 Å². The van der Waals surface area contributed by atoms with Crippen LogP contribution in [0, 0.1) is 20.8 Å². The first-order chi connectivity index (χ1) is 9.06. The zero-order valence-corrected chi connectivity index (χ0v) is 11.2. The van der Waals surface area contributed by atoms with Crippen LogP contribution < -0.4 is 5.32 Å². The van der Waals surface area contributed by atoms with Crippen LogP contribution in [0.2, 0.25) is 0 Å². The van der Waals surface area contributed by atoms with Gasteiger partial charge in [-0.3, -0.25) is 4.79 Å². The van der Waals surface area contributed by atoms with Crippen molar-refractivity contribution in [3.63, 3.8) is 0 Å². The molecule has 0 aliphatic rings. The lowest BCUT2D eigenvalue weighted by Crippen LogP contribution is -2.25. The van der Waals surface area contributed by atoms with E-state index in [2.05, 4.69) is 20.4 Å². The Kier molecular flexibility index (Phi) is 3.89. The SMILES string of the molecule is Cc1cc(CNC(=O)Cc2c(C)noc2C)ncn1. The van der Waals surface area contributed by atoms with E-state index in [1.165, 1.54) is 6.33 Å². The molecule has 2 rings (SSSR count). The number of carbonyl (C=O) groups is 1. The number of carbonyl (C=O) groups excluding carboxylic acids is 1. The van der Waals surface area contributed by atoms with Gasteiger partial charge in [0.25, 0.3) is 0 Å². The van der Waals surface area contributed by atoms with Gasteiger partial charge in [0.2, 0.25) is 5.91 Å². The van der Waals surface area contributed by atoms with E-state index in [9.17, 15) is 4.79 Å². The highest BCUT2D eigenvalue weighted by Gasteiger charge is 2.13. The van der Waals surface area contributed by atoms with Crippen molar-refractivity contribution in [3.8, 4) is 0 Å². The molecule has 2 aromatic rings. The molecular weight excluding hydrogens is 244 g/mol. The normalized spacial score (nSPS) is 10.5. The van der Waals surface area contributed by atoms with Crippen LogP contribution in [0.15, 0.2) is 16.9 Å². The van der Waals surface area contributed by atoms with Crippen LogP contribution in [0.3, 0.4) is 0 Å². The summed E-state index contributed by atoms with van der Waals surface area (Å²) < 4.78 is 5.02. The van der Waals surface area contributed by atoms with Gasteiger partial charge in [-0.2, -0.15) is 0 Å². The van der Waals surface area contributed by atoms with Crippen molar-refractivity contribution < 1.29 is 9.32 Å². The Morgan fingerprint density at radius 1 is 1.32 bits per heavy atom. The predicted molar refractivity (Wildman–Crippen MR) is 68.3 cm³/mol. The molecule has 1 amide bonds. The van der Waals surface area contributed by atoms with Crippen LogP contribution in [-0.2, 0) is 17.8 Å². The van der Waals surface area contributed by atoms with Crippen LogP contribution in [0.25, 0.3) is 0 Å². The fourth-order valence-electron chi connectivity index (χ4n) is 1.77. The van der Waals surface area contributed by atoms with Gasteiger partial charge in [0.15, 0.2) is 0 Å². The molecular formula is C13H16N4O2. The van der Waals surface area contributed by atoms with E-state index in [0.29, 0.717) is 12.3 Å². The first-order valence-electron chi connectivity index (χ1n) is 6.02. The number of amides is 1. The van der Waals surface area contributed by atoms with E-state index < -0.39 is 0 Å². The van der Waals surface area contributed by atoms with Crippen molar-refractivity contribution in [2.75, 3.05) is 0 Å². The fraction of sp³-hybridized carbons (Fsp3) is 0.385. The van der Waals surface area contributed by atoms with Crippen LogP contribution >= 0.6 is 0 Å². The quantitative estimate of drug-likeness (QED) is 0.894. The summed E-state index contributed by atoms with van der Waals surface area (Å²) in [5.41, 5.74) is 3.27. The van der Waals surface area contributed by atoms with Crippen LogP contribution in [-0.4, -0.2) is 21.0 Å². The molecule has 0 saturated heterocycles. The number of rotatable bonds is 4. The molecule has 0 unspecified atom stereocenters. The molecule has 0 fully saturated rings. The van der Waals surface area contributed by atoms with Crippen molar-refractivity contribution in [2.24, 2.45) is 0 Å². The van der Waals surface area contributed by atoms with Gasteiger partial charge in [0, 0.05) is 11.3 Å².